The molecule has 1 aromatic heterocycles. The second-order valence-corrected chi connectivity index (χ2v) is 3.85. The average Bonchev–Trinajstić information content (AvgIpc) is 2.66. The fourth-order valence-corrected chi connectivity index (χ4v) is 1.68. The molecule has 0 unspecified atom stereocenters. The van der Waals surface area contributed by atoms with Crippen molar-refractivity contribution in [3.8, 4) is 0 Å². The standard InChI is InChI=1S/C10H10N4OS/c1-7(15)11-9-13-10(16-14-9)12-8-5-3-2-4-6-8/h2-6H,1H3,(H2,11,12,13,14,15). The molecular formula is C10H10N4OS. The number of anilines is 3. The van der Waals surface area contributed by atoms with Crippen LogP contribution in [0.1, 0.15) is 6.92 Å². The van der Waals surface area contributed by atoms with Crippen molar-refractivity contribution in [3.05, 3.63) is 30.3 Å². The van der Waals surface area contributed by atoms with Crippen molar-refractivity contribution >= 4 is 34.2 Å². The predicted molar refractivity (Wildman–Crippen MR) is 63.9 cm³/mol. The molecule has 0 aliphatic rings. The van der Waals surface area contributed by atoms with E-state index in [0.717, 1.165) is 5.69 Å². The molecule has 2 rings (SSSR count). The number of hydrogen-bond acceptors (Lipinski definition) is 5. The van der Waals surface area contributed by atoms with Gasteiger partial charge in [-0.15, -0.1) is 0 Å². The third-order valence-corrected chi connectivity index (χ3v) is 2.37. The first-order valence-electron chi connectivity index (χ1n) is 4.67. The second kappa shape index (κ2) is 4.71. The molecule has 1 heterocycles. The Balaban J connectivity index is 2.06. The molecule has 0 aliphatic carbocycles. The van der Waals surface area contributed by atoms with Gasteiger partial charge in [0.25, 0.3) is 0 Å². The summed E-state index contributed by atoms with van der Waals surface area (Å²) in [5.74, 6) is 0.153. The summed E-state index contributed by atoms with van der Waals surface area (Å²) in [5.41, 5.74) is 0.938. The van der Waals surface area contributed by atoms with E-state index >= 15 is 0 Å². The Morgan fingerprint density at radius 2 is 2.06 bits per heavy atom. The first kappa shape index (κ1) is 10.6. The minimum atomic E-state index is -0.177. The zero-order chi connectivity index (χ0) is 11.4. The third kappa shape index (κ3) is 2.77. The average molecular weight is 234 g/mol. The van der Waals surface area contributed by atoms with Gasteiger partial charge in [0, 0.05) is 24.1 Å². The lowest BCUT2D eigenvalue weighted by Crippen LogP contribution is -2.06. The molecule has 0 bridgehead atoms. The van der Waals surface area contributed by atoms with Crippen LogP contribution in [0.25, 0.3) is 0 Å². The maximum Gasteiger partial charge on any atom is 0.243 e. The van der Waals surface area contributed by atoms with Gasteiger partial charge in [0.2, 0.25) is 17.0 Å². The molecule has 82 valence electrons. The molecule has 0 atom stereocenters. The van der Waals surface area contributed by atoms with Gasteiger partial charge >= 0.3 is 0 Å². The minimum Gasteiger partial charge on any atom is -0.330 e. The molecule has 6 heteroatoms. The Morgan fingerprint density at radius 3 is 2.75 bits per heavy atom. The van der Waals surface area contributed by atoms with Crippen molar-refractivity contribution in [3.63, 3.8) is 0 Å². The highest BCUT2D eigenvalue weighted by Gasteiger charge is 2.04. The van der Waals surface area contributed by atoms with Crippen LogP contribution in [-0.2, 0) is 4.79 Å². The summed E-state index contributed by atoms with van der Waals surface area (Å²) < 4.78 is 3.99. The molecule has 16 heavy (non-hydrogen) atoms. The fourth-order valence-electron chi connectivity index (χ4n) is 1.13. The van der Waals surface area contributed by atoms with Gasteiger partial charge < -0.3 is 5.32 Å². The van der Waals surface area contributed by atoms with E-state index in [1.54, 1.807) is 0 Å². The van der Waals surface area contributed by atoms with Crippen LogP contribution in [0.5, 0.6) is 0 Å². The van der Waals surface area contributed by atoms with Gasteiger partial charge in [-0.1, -0.05) is 18.2 Å². The summed E-state index contributed by atoms with van der Waals surface area (Å²) in [6, 6.07) is 9.66. The molecule has 1 aromatic carbocycles. The summed E-state index contributed by atoms with van der Waals surface area (Å²) in [5, 5.41) is 6.26. The number of benzene rings is 1. The highest BCUT2D eigenvalue weighted by Crippen LogP contribution is 2.19. The SMILES string of the molecule is CC(=O)Nc1nsc(Nc2ccccc2)n1. The van der Waals surface area contributed by atoms with Crippen molar-refractivity contribution in [1.29, 1.82) is 0 Å². The number of carbonyl (C=O) groups is 1. The van der Waals surface area contributed by atoms with Crippen LogP contribution >= 0.6 is 11.5 Å². The Kier molecular flexibility index (Phi) is 3.11. The Hall–Kier alpha value is -1.95. The maximum atomic E-state index is 10.8. The fraction of sp³-hybridized carbons (Fsp3) is 0.100. The number of nitrogens with zero attached hydrogens (tertiary/aromatic N) is 2. The van der Waals surface area contributed by atoms with Crippen LogP contribution in [0, 0.1) is 0 Å². The van der Waals surface area contributed by atoms with Crippen molar-refractivity contribution < 1.29 is 4.79 Å². The van der Waals surface area contributed by atoms with E-state index in [0.29, 0.717) is 11.1 Å². The summed E-state index contributed by atoms with van der Waals surface area (Å²) in [4.78, 5) is 14.9. The molecule has 0 saturated heterocycles. The van der Waals surface area contributed by atoms with E-state index in [1.807, 2.05) is 30.3 Å². The van der Waals surface area contributed by atoms with Gasteiger partial charge in [0.05, 0.1) is 0 Å². The lowest BCUT2D eigenvalue weighted by atomic mass is 10.3. The van der Waals surface area contributed by atoms with E-state index in [4.69, 9.17) is 0 Å². The molecule has 5 nitrogen and oxygen atoms in total. The summed E-state index contributed by atoms with van der Waals surface area (Å²) in [6.45, 7) is 1.42. The Labute approximate surface area is 96.7 Å². The van der Waals surface area contributed by atoms with Crippen molar-refractivity contribution in [2.45, 2.75) is 6.92 Å². The zero-order valence-corrected chi connectivity index (χ0v) is 9.41. The Bertz CT molecular complexity index is 483. The maximum absolute atomic E-state index is 10.8. The molecule has 2 N–H and O–H groups in total. The number of hydrogen-bond donors (Lipinski definition) is 2. The van der Waals surface area contributed by atoms with Crippen LogP contribution in [0.15, 0.2) is 30.3 Å². The van der Waals surface area contributed by atoms with Crippen molar-refractivity contribution in [2.75, 3.05) is 10.6 Å². The number of rotatable bonds is 3. The molecule has 0 saturated carbocycles. The quantitative estimate of drug-likeness (QED) is 0.854. The van der Waals surface area contributed by atoms with Crippen LogP contribution < -0.4 is 10.6 Å². The van der Waals surface area contributed by atoms with Gasteiger partial charge in [-0.2, -0.15) is 9.36 Å². The number of para-hydroxylation sites is 1. The molecule has 0 aliphatic heterocycles. The van der Waals surface area contributed by atoms with Crippen LogP contribution in [0.3, 0.4) is 0 Å². The highest BCUT2D eigenvalue weighted by molar-refractivity contribution is 7.10. The lowest BCUT2D eigenvalue weighted by molar-refractivity contribution is -0.114. The molecular weight excluding hydrogens is 224 g/mol. The number of nitrogens with one attached hydrogen (secondary N) is 2. The molecule has 1 amide bonds. The Morgan fingerprint density at radius 1 is 1.31 bits per heavy atom. The largest absolute Gasteiger partial charge is 0.330 e. The smallest absolute Gasteiger partial charge is 0.243 e. The number of carbonyl (C=O) groups excluding carboxylic acids is 1. The molecule has 0 spiro atoms. The summed E-state index contributed by atoms with van der Waals surface area (Å²) in [7, 11) is 0. The van der Waals surface area contributed by atoms with Gasteiger partial charge in [-0.25, -0.2) is 0 Å². The van der Waals surface area contributed by atoms with E-state index < -0.39 is 0 Å². The first-order chi connectivity index (χ1) is 7.74. The predicted octanol–water partition coefficient (Wildman–Crippen LogP) is 2.24. The van der Waals surface area contributed by atoms with E-state index in [9.17, 15) is 4.79 Å². The first-order valence-corrected chi connectivity index (χ1v) is 5.45. The highest BCUT2D eigenvalue weighted by atomic mass is 32.1. The van der Waals surface area contributed by atoms with Gasteiger partial charge in [0.15, 0.2) is 0 Å². The van der Waals surface area contributed by atoms with Gasteiger partial charge in [0.1, 0.15) is 0 Å². The topological polar surface area (TPSA) is 66.9 Å². The van der Waals surface area contributed by atoms with E-state index in [-0.39, 0.29) is 5.91 Å². The summed E-state index contributed by atoms with van der Waals surface area (Å²) in [6.07, 6.45) is 0. The normalized spacial score (nSPS) is 9.81. The van der Waals surface area contributed by atoms with Gasteiger partial charge in [-0.3, -0.25) is 10.1 Å². The molecule has 0 fully saturated rings. The number of amides is 1. The summed E-state index contributed by atoms with van der Waals surface area (Å²) >= 11 is 1.20. The molecule has 2 aromatic rings. The third-order valence-electron chi connectivity index (χ3n) is 1.74. The van der Waals surface area contributed by atoms with E-state index in [1.165, 1.54) is 18.5 Å². The van der Waals surface area contributed by atoms with Gasteiger partial charge in [-0.05, 0) is 12.1 Å². The van der Waals surface area contributed by atoms with Crippen molar-refractivity contribution in [1.82, 2.24) is 9.36 Å². The second-order valence-electron chi connectivity index (χ2n) is 3.10. The zero-order valence-electron chi connectivity index (χ0n) is 8.60. The molecule has 0 radical (unpaired) electrons. The monoisotopic (exact) mass is 234 g/mol. The van der Waals surface area contributed by atoms with Crippen LogP contribution in [0.2, 0.25) is 0 Å². The lowest BCUT2D eigenvalue weighted by Gasteiger charge is -1.99. The van der Waals surface area contributed by atoms with Crippen molar-refractivity contribution in [2.24, 2.45) is 0 Å². The van der Waals surface area contributed by atoms with E-state index in [2.05, 4.69) is 20.0 Å². The minimum absolute atomic E-state index is 0.177. The van der Waals surface area contributed by atoms with Crippen LogP contribution in [-0.4, -0.2) is 15.3 Å². The van der Waals surface area contributed by atoms with Crippen LogP contribution in [0.4, 0.5) is 16.8 Å². The number of aromatic nitrogens is 2.